The number of hydrogen-bond acceptors (Lipinski definition) is 2. The summed E-state index contributed by atoms with van der Waals surface area (Å²) in [5, 5.41) is 0. The highest BCUT2D eigenvalue weighted by molar-refractivity contribution is 6.97. The molecule has 0 saturated heterocycles. The Hall–Kier alpha value is 0.354. The molecular weight excluding hydrogens is 180 g/mol. The smallest absolute Gasteiger partial charge is 0.0965 e. The standard InChI is InChI=1S/C8H24N2Si2/c1-5-7-9(3)11-12-10(4)8-6-2/h5-8,11-12H2,1-4H3. The minimum Gasteiger partial charge on any atom is -0.333 e. The highest BCUT2D eigenvalue weighted by atomic mass is 29.2. The van der Waals surface area contributed by atoms with Crippen molar-refractivity contribution in [3.8, 4) is 0 Å². The highest BCUT2D eigenvalue weighted by Crippen LogP contribution is 1.86. The molecule has 4 heteroatoms. The fourth-order valence-electron chi connectivity index (χ4n) is 1.33. The van der Waals surface area contributed by atoms with Gasteiger partial charge in [0.2, 0.25) is 0 Å². The van der Waals surface area contributed by atoms with Crippen molar-refractivity contribution >= 4 is 18.4 Å². The van der Waals surface area contributed by atoms with Gasteiger partial charge in [0, 0.05) is 0 Å². The van der Waals surface area contributed by atoms with Gasteiger partial charge in [-0.3, -0.25) is 0 Å². The van der Waals surface area contributed by atoms with Crippen molar-refractivity contribution in [1.29, 1.82) is 0 Å². The lowest BCUT2D eigenvalue weighted by Crippen LogP contribution is -2.37. The zero-order chi connectivity index (χ0) is 9.40. The van der Waals surface area contributed by atoms with Crippen molar-refractivity contribution in [3.63, 3.8) is 0 Å². The van der Waals surface area contributed by atoms with Crippen LogP contribution in [0.2, 0.25) is 0 Å². The van der Waals surface area contributed by atoms with Gasteiger partial charge < -0.3 is 9.13 Å². The molecule has 0 heterocycles. The first-order chi connectivity index (χ1) is 5.70. The Kier molecular flexibility index (Phi) is 8.21. The molecule has 0 atom stereocenters. The minimum atomic E-state index is 0.155. The lowest BCUT2D eigenvalue weighted by molar-refractivity contribution is 0.517. The predicted octanol–water partition coefficient (Wildman–Crippen LogP) is -0.247. The van der Waals surface area contributed by atoms with E-state index in [1.54, 1.807) is 0 Å². The summed E-state index contributed by atoms with van der Waals surface area (Å²) < 4.78 is 5.19. The molecule has 0 fully saturated rings. The maximum absolute atomic E-state index is 2.60. The Morgan fingerprint density at radius 1 is 0.833 bits per heavy atom. The van der Waals surface area contributed by atoms with Crippen molar-refractivity contribution in [2.75, 3.05) is 27.2 Å². The normalized spacial score (nSPS) is 13.5. The van der Waals surface area contributed by atoms with Gasteiger partial charge in [0.15, 0.2) is 0 Å². The van der Waals surface area contributed by atoms with Crippen LogP contribution in [0, 0.1) is 0 Å². The fraction of sp³-hybridized carbons (Fsp3) is 1.00. The maximum Gasteiger partial charge on any atom is 0.0965 e. The molecule has 0 N–H and O–H groups in total. The first-order valence-corrected chi connectivity index (χ1v) is 10.3. The molecule has 0 rings (SSSR count). The first kappa shape index (κ1) is 12.4. The average molecular weight is 204 g/mol. The number of hydrogen-bond donors (Lipinski definition) is 0. The lowest BCUT2D eigenvalue weighted by Gasteiger charge is -2.19. The van der Waals surface area contributed by atoms with Crippen molar-refractivity contribution in [1.82, 2.24) is 9.13 Å². The second-order valence-electron chi connectivity index (χ2n) is 3.61. The molecule has 0 aromatic carbocycles. The third kappa shape index (κ3) is 7.03. The van der Waals surface area contributed by atoms with Crippen LogP contribution in [0.1, 0.15) is 26.7 Å². The Bertz CT molecular complexity index is 89.1. The molecule has 0 spiro atoms. The van der Waals surface area contributed by atoms with Crippen molar-refractivity contribution < 1.29 is 0 Å². The third-order valence-corrected chi connectivity index (χ3v) is 9.61. The van der Waals surface area contributed by atoms with Crippen LogP contribution in [0.5, 0.6) is 0 Å². The molecule has 0 aromatic rings. The second kappa shape index (κ2) is 7.98. The van der Waals surface area contributed by atoms with Crippen LogP contribution in [-0.4, -0.2) is 54.7 Å². The van der Waals surface area contributed by atoms with Crippen LogP contribution in [0.15, 0.2) is 0 Å². The summed E-state index contributed by atoms with van der Waals surface area (Å²) >= 11 is 0. The number of rotatable bonds is 7. The van der Waals surface area contributed by atoms with E-state index in [1.807, 2.05) is 0 Å². The van der Waals surface area contributed by atoms with Gasteiger partial charge in [0.05, 0.1) is 18.4 Å². The average Bonchev–Trinajstić information content (AvgIpc) is 2.02. The highest BCUT2D eigenvalue weighted by Gasteiger charge is 2.01. The van der Waals surface area contributed by atoms with Crippen LogP contribution in [0.25, 0.3) is 0 Å². The molecule has 0 aromatic heterocycles. The molecule has 0 amide bonds. The van der Waals surface area contributed by atoms with Gasteiger partial charge in [0.25, 0.3) is 0 Å². The summed E-state index contributed by atoms with van der Waals surface area (Å²) in [6.45, 7) is 7.17. The topological polar surface area (TPSA) is 6.48 Å². The molecule has 0 radical (unpaired) electrons. The molecular formula is C8H24N2Si2. The van der Waals surface area contributed by atoms with Gasteiger partial charge in [-0.1, -0.05) is 13.8 Å². The summed E-state index contributed by atoms with van der Waals surface area (Å²) in [4.78, 5) is 0. The molecule has 12 heavy (non-hydrogen) atoms. The van der Waals surface area contributed by atoms with Crippen LogP contribution in [0.4, 0.5) is 0 Å². The Morgan fingerprint density at radius 3 is 1.42 bits per heavy atom. The van der Waals surface area contributed by atoms with Crippen molar-refractivity contribution in [2.24, 2.45) is 0 Å². The van der Waals surface area contributed by atoms with E-state index in [1.165, 1.54) is 25.9 Å². The molecule has 74 valence electrons. The van der Waals surface area contributed by atoms with Crippen LogP contribution >= 0.6 is 0 Å². The Balaban J connectivity index is 3.27. The zero-order valence-corrected chi connectivity index (χ0v) is 12.0. The number of nitrogens with zero attached hydrogens (tertiary/aromatic N) is 2. The monoisotopic (exact) mass is 204 g/mol. The van der Waals surface area contributed by atoms with E-state index in [0.717, 1.165) is 0 Å². The molecule has 0 aliphatic rings. The first-order valence-electron chi connectivity index (χ1n) is 5.07. The predicted molar refractivity (Wildman–Crippen MR) is 62.9 cm³/mol. The minimum absolute atomic E-state index is 0.155. The van der Waals surface area contributed by atoms with Gasteiger partial charge in [-0.15, -0.1) is 0 Å². The maximum atomic E-state index is 2.60. The lowest BCUT2D eigenvalue weighted by atomic mass is 10.5. The summed E-state index contributed by atoms with van der Waals surface area (Å²) in [6, 6.07) is 0. The van der Waals surface area contributed by atoms with Gasteiger partial charge >= 0.3 is 0 Å². The third-order valence-electron chi connectivity index (χ3n) is 2.07. The summed E-state index contributed by atoms with van der Waals surface area (Å²) in [5.41, 5.74) is 0. The molecule has 2 nitrogen and oxygen atoms in total. The molecule has 0 aliphatic carbocycles. The van der Waals surface area contributed by atoms with E-state index in [-0.39, 0.29) is 18.4 Å². The van der Waals surface area contributed by atoms with E-state index >= 15 is 0 Å². The zero-order valence-electron chi connectivity index (χ0n) is 9.14. The Labute approximate surface area is 81.9 Å². The second-order valence-corrected chi connectivity index (χ2v) is 9.34. The molecule has 0 aliphatic heterocycles. The largest absolute Gasteiger partial charge is 0.333 e. The molecule has 0 saturated carbocycles. The Morgan fingerprint density at radius 2 is 1.17 bits per heavy atom. The van der Waals surface area contributed by atoms with Crippen LogP contribution in [0.3, 0.4) is 0 Å². The van der Waals surface area contributed by atoms with Gasteiger partial charge in [0.1, 0.15) is 0 Å². The van der Waals surface area contributed by atoms with E-state index in [2.05, 4.69) is 37.1 Å². The van der Waals surface area contributed by atoms with Crippen molar-refractivity contribution in [3.05, 3.63) is 0 Å². The summed E-state index contributed by atoms with van der Waals surface area (Å²) in [5.74, 6) is 0. The van der Waals surface area contributed by atoms with Crippen LogP contribution in [-0.2, 0) is 0 Å². The van der Waals surface area contributed by atoms with E-state index in [0.29, 0.717) is 0 Å². The van der Waals surface area contributed by atoms with E-state index < -0.39 is 0 Å². The molecule has 0 unspecified atom stereocenters. The van der Waals surface area contributed by atoms with E-state index in [9.17, 15) is 0 Å². The van der Waals surface area contributed by atoms with Crippen LogP contribution < -0.4 is 0 Å². The summed E-state index contributed by atoms with van der Waals surface area (Å²) in [7, 11) is 4.90. The molecule has 0 bridgehead atoms. The van der Waals surface area contributed by atoms with E-state index in [4.69, 9.17) is 0 Å². The SMILES string of the molecule is CCCN(C)[SiH2][SiH2]N(C)CCC. The van der Waals surface area contributed by atoms with Crippen molar-refractivity contribution in [2.45, 2.75) is 26.7 Å². The van der Waals surface area contributed by atoms with Gasteiger partial charge in [-0.05, 0) is 40.0 Å². The van der Waals surface area contributed by atoms with Gasteiger partial charge in [-0.2, -0.15) is 0 Å². The fourth-order valence-corrected chi connectivity index (χ4v) is 6.48. The summed E-state index contributed by atoms with van der Waals surface area (Å²) in [6.07, 6.45) is 2.63. The van der Waals surface area contributed by atoms with Gasteiger partial charge in [-0.25, -0.2) is 0 Å². The quantitative estimate of drug-likeness (QED) is 0.528.